The van der Waals surface area contributed by atoms with Gasteiger partial charge in [-0.3, -0.25) is 14.5 Å². The van der Waals surface area contributed by atoms with Crippen molar-refractivity contribution in [2.45, 2.75) is 52.7 Å². The van der Waals surface area contributed by atoms with Crippen molar-refractivity contribution in [3.8, 4) is 16.3 Å². The number of aliphatic hydroxyl groups excluding tert-OH is 1. The van der Waals surface area contributed by atoms with Gasteiger partial charge in [0.15, 0.2) is 5.76 Å². The van der Waals surface area contributed by atoms with Crippen LogP contribution < -0.4 is 9.64 Å². The van der Waals surface area contributed by atoms with Crippen LogP contribution >= 0.6 is 11.3 Å². The molecule has 204 valence electrons. The van der Waals surface area contributed by atoms with Crippen molar-refractivity contribution < 1.29 is 19.4 Å². The van der Waals surface area contributed by atoms with E-state index in [1.54, 1.807) is 6.92 Å². The number of hydrogen-bond acceptors (Lipinski definition) is 6. The van der Waals surface area contributed by atoms with E-state index in [4.69, 9.17) is 4.74 Å². The molecule has 1 aromatic heterocycles. The van der Waals surface area contributed by atoms with Crippen LogP contribution in [0.25, 0.3) is 10.6 Å². The van der Waals surface area contributed by atoms with Gasteiger partial charge in [-0.15, -0.1) is 11.3 Å². The summed E-state index contributed by atoms with van der Waals surface area (Å²) in [5.74, 6) is -0.554. The smallest absolute Gasteiger partial charge is 0.294 e. The van der Waals surface area contributed by atoms with E-state index in [-0.39, 0.29) is 11.7 Å². The Bertz CT molecular complexity index is 1570. The second-order valence-electron chi connectivity index (χ2n) is 10.5. The molecule has 1 aliphatic heterocycles. The van der Waals surface area contributed by atoms with Gasteiger partial charge in [0.25, 0.3) is 5.91 Å². The molecule has 40 heavy (non-hydrogen) atoms. The monoisotopic (exact) mass is 552 g/mol. The fourth-order valence-corrected chi connectivity index (χ4v) is 5.90. The Hall–Kier alpha value is -4.23. The zero-order valence-corrected chi connectivity index (χ0v) is 24.0. The third-order valence-electron chi connectivity index (χ3n) is 6.88. The zero-order chi connectivity index (χ0) is 28.6. The Balaban J connectivity index is 1.60. The number of Topliss-reactive ketones (excluding diaryl/α,β-unsaturated/α-hetero) is 1. The van der Waals surface area contributed by atoms with Crippen molar-refractivity contribution in [2.75, 3.05) is 4.90 Å². The normalized spacial score (nSPS) is 15.4. The molecule has 7 heteroatoms. The minimum Gasteiger partial charge on any atom is -0.503 e. The number of amides is 1. The van der Waals surface area contributed by atoms with Gasteiger partial charge < -0.3 is 9.84 Å². The first-order chi connectivity index (χ1) is 19.2. The van der Waals surface area contributed by atoms with Crippen LogP contribution in [0.15, 0.2) is 90.2 Å². The van der Waals surface area contributed by atoms with E-state index >= 15 is 0 Å². The van der Waals surface area contributed by atoms with Gasteiger partial charge >= 0.3 is 0 Å². The number of carbonyl (C=O) groups excluding carboxylic acids is 2. The Labute approximate surface area is 238 Å². The predicted octanol–water partition coefficient (Wildman–Crippen LogP) is 7.81. The van der Waals surface area contributed by atoms with Gasteiger partial charge in [-0.05, 0) is 62.1 Å². The van der Waals surface area contributed by atoms with E-state index in [1.807, 2.05) is 92.7 Å². The van der Waals surface area contributed by atoms with E-state index in [1.165, 1.54) is 16.2 Å². The molecule has 5 rings (SSSR count). The average molecular weight is 553 g/mol. The van der Waals surface area contributed by atoms with Gasteiger partial charge in [0.2, 0.25) is 5.78 Å². The van der Waals surface area contributed by atoms with E-state index in [2.05, 4.69) is 18.8 Å². The summed E-state index contributed by atoms with van der Waals surface area (Å²) in [5.41, 5.74) is 3.92. The number of nitrogens with zero attached hydrogens (tertiary/aromatic N) is 2. The maximum absolute atomic E-state index is 14.1. The number of ether oxygens (including phenoxy) is 1. The largest absolute Gasteiger partial charge is 0.503 e. The lowest BCUT2D eigenvalue weighted by atomic mass is 9.94. The van der Waals surface area contributed by atoms with Crippen LogP contribution in [0.4, 0.5) is 5.69 Å². The second-order valence-corrected chi connectivity index (χ2v) is 11.4. The lowest BCUT2D eigenvalue weighted by molar-refractivity contribution is -0.117. The Morgan fingerprint density at radius 1 is 0.950 bits per heavy atom. The predicted molar refractivity (Wildman–Crippen MR) is 159 cm³/mol. The van der Waals surface area contributed by atoms with Crippen molar-refractivity contribution in [1.29, 1.82) is 0 Å². The third-order valence-corrected chi connectivity index (χ3v) is 8.09. The van der Waals surface area contributed by atoms with Gasteiger partial charge in [-0.1, -0.05) is 68.4 Å². The van der Waals surface area contributed by atoms with Gasteiger partial charge in [-0.2, -0.15) is 0 Å². The first-order valence-electron chi connectivity index (χ1n) is 13.4. The summed E-state index contributed by atoms with van der Waals surface area (Å²) < 4.78 is 5.81. The summed E-state index contributed by atoms with van der Waals surface area (Å²) in [6.45, 7) is 9.88. The standard InChI is InChI=1S/C33H32N2O4S/c1-19(2)22-11-15-25(16-12-22)35-28(23-13-17-26(18-14-23)39-20(3)4)27(30(37)33(35)38)29(36)31-21(5)34-32(40-31)24-9-7-6-8-10-24/h6-20,28,37H,1-5H3. The molecular formula is C33H32N2O4S. The van der Waals surface area contributed by atoms with Crippen molar-refractivity contribution in [1.82, 2.24) is 4.98 Å². The van der Waals surface area contributed by atoms with Crippen molar-refractivity contribution in [2.24, 2.45) is 0 Å². The summed E-state index contributed by atoms with van der Waals surface area (Å²) in [5, 5.41) is 11.9. The third kappa shape index (κ3) is 5.17. The molecule has 0 spiro atoms. The molecule has 1 amide bonds. The lowest BCUT2D eigenvalue weighted by Crippen LogP contribution is -2.31. The molecule has 0 saturated heterocycles. The molecule has 0 saturated carbocycles. The van der Waals surface area contributed by atoms with Gasteiger partial charge in [0, 0.05) is 11.3 Å². The number of aryl methyl sites for hydroxylation is 1. The number of benzene rings is 3. The van der Waals surface area contributed by atoms with Gasteiger partial charge in [0.05, 0.1) is 28.3 Å². The fraction of sp³-hybridized carbons (Fsp3) is 0.242. The molecule has 0 fully saturated rings. The highest BCUT2D eigenvalue weighted by molar-refractivity contribution is 7.17. The average Bonchev–Trinajstić information content (AvgIpc) is 3.46. The molecule has 0 aliphatic carbocycles. The minimum absolute atomic E-state index is 0.00377. The number of aliphatic hydroxyl groups is 1. The molecule has 2 heterocycles. The maximum atomic E-state index is 14.1. The summed E-state index contributed by atoms with van der Waals surface area (Å²) >= 11 is 1.26. The van der Waals surface area contributed by atoms with Crippen LogP contribution in [0.3, 0.4) is 0 Å². The Kier molecular flexibility index (Phi) is 7.59. The SMILES string of the molecule is Cc1nc(-c2ccccc2)sc1C(=O)C1=C(O)C(=O)N(c2ccc(C(C)C)cc2)C1c1ccc(OC(C)C)cc1. The molecule has 4 aromatic rings. The number of carbonyl (C=O) groups is 2. The Morgan fingerprint density at radius 3 is 2.20 bits per heavy atom. The quantitative estimate of drug-likeness (QED) is 0.226. The second kappa shape index (κ2) is 11.1. The van der Waals surface area contributed by atoms with Crippen LogP contribution in [0.5, 0.6) is 5.75 Å². The highest BCUT2D eigenvalue weighted by Gasteiger charge is 2.45. The first kappa shape index (κ1) is 27.3. The Morgan fingerprint density at radius 2 is 1.60 bits per heavy atom. The lowest BCUT2D eigenvalue weighted by Gasteiger charge is -2.27. The molecule has 1 atom stereocenters. The van der Waals surface area contributed by atoms with E-state index in [9.17, 15) is 14.7 Å². The van der Waals surface area contributed by atoms with E-state index < -0.39 is 23.5 Å². The summed E-state index contributed by atoms with van der Waals surface area (Å²) in [6, 6.07) is 23.8. The summed E-state index contributed by atoms with van der Waals surface area (Å²) in [6.07, 6.45) is 0.00377. The molecule has 1 unspecified atom stereocenters. The number of rotatable bonds is 8. The van der Waals surface area contributed by atoms with E-state index in [0.717, 1.165) is 11.1 Å². The number of ketones is 1. The summed E-state index contributed by atoms with van der Waals surface area (Å²) in [7, 11) is 0. The molecule has 3 aromatic carbocycles. The molecule has 0 bridgehead atoms. The molecule has 1 aliphatic rings. The molecule has 6 nitrogen and oxygen atoms in total. The molecule has 1 N–H and O–H groups in total. The number of anilines is 1. The highest BCUT2D eigenvalue weighted by Crippen LogP contribution is 2.44. The van der Waals surface area contributed by atoms with E-state index in [0.29, 0.717) is 38.5 Å². The molecule has 0 radical (unpaired) electrons. The minimum atomic E-state index is -0.820. The van der Waals surface area contributed by atoms with Crippen molar-refractivity contribution >= 4 is 28.7 Å². The zero-order valence-electron chi connectivity index (χ0n) is 23.2. The van der Waals surface area contributed by atoms with Gasteiger partial charge in [0.1, 0.15) is 10.8 Å². The first-order valence-corrected chi connectivity index (χ1v) is 14.2. The topological polar surface area (TPSA) is 79.7 Å². The van der Waals surface area contributed by atoms with Crippen molar-refractivity contribution in [3.05, 3.63) is 112 Å². The number of thiazole rings is 1. The van der Waals surface area contributed by atoms with Crippen LogP contribution in [0, 0.1) is 6.92 Å². The fourth-order valence-electron chi connectivity index (χ4n) is 4.87. The van der Waals surface area contributed by atoms with Crippen LogP contribution in [0.2, 0.25) is 0 Å². The van der Waals surface area contributed by atoms with Crippen LogP contribution in [-0.2, 0) is 4.79 Å². The number of aromatic nitrogens is 1. The van der Waals surface area contributed by atoms with Crippen LogP contribution in [-0.4, -0.2) is 27.9 Å². The van der Waals surface area contributed by atoms with Crippen molar-refractivity contribution in [3.63, 3.8) is 0 Å². The summed E-state index contributed by atoms with van der Waals surface area (Å²) in [4.78, 5) is 34.3. The maximum Gasteiger partial charge on any atom is 0.294 e. The van der Waals surface area contributed by atoms with Gasteiger partial charge in [-0.25, -0.2) is 4.98 Å². The van der Waals surface area contributed by atoms with Crippen LogP contribution in [0.1, 0.15) is 66.1 Å². The molecular weight excluding hydrogens is 520 g/mol. The highest BCUT2D eigenvalue weighted by atomic mass is 32.1. The number of hydrogen-bond donors (Lipinski definition) is 1.